The molecule has 3 N–H and O–H groups in total. The lowest BCUT2D eigenvalue weighted by molar-refractivity contribution is 1.29. The number of aromatic amines is 1. The van der Waals surface area contributed by atoms with Crippen LogP contribution in [-0.4, -0.2) is 9.97 Å². The first kappa shape index (κ1) is 10.6. The Labute approximate surface area is 105 Å². The number of nitrogens with zero attached hydrogens (tertiary/aromatic N) is 1. The van der Waals surface area contributed by atoms with Crippen molar-refractivity contribution in [3.63, 3.8) is 0 Å². The van der Waals surface area contributed by atoms with Crippen molar-refractivity contribution in [2.45, 2.75) is 0 Å². The van der Waals surface area contributed by atoms with E-state index in [2.05, 4.69) is 9.97 Å². The van der Waals surface area contributed by atoms with E-state index in [-0.39, 0.29) is 0 Å². The molecule has 1 aromatic heterocycles. The Kier molecular flexibility index (Phi) is 2.57. The van der Waals surface area contributed by atoms with E-state index in [1.54, 1.807) is 0 Å². The molecule has 0 atom stereocenters. The van der Waals surface area contributed by atoms with Gasteiger partial charge in [-0.05, 0) is 35.9 Å². The number of H-pyrrole nitrogens is 1. The molecule has 1 heterocycles. The topological polar surface area (TPSA) is 54.7 Å². The summed E-state index contributed by atoms with van der Waals surface area (Å²) in [5, 5.41) is 0. The van der Waals surface area contributed by atoms with E-state index >= 15 is 0 Å². The Morgan fingerprint density at radius 1 is 1.00 bits per heavy atom. The zero-order chi connectivity index (χ0) is 12.4. The van der Waals surface area contributed by atoms with Crippen LogP contribution in [0.2, 0.25) is 0 Å². The number of hydrogen-bond acceptors (Lipinski definition) is 2. The zero-order valence-electron chi connectivity index (χ0n) is 9.80. The molecule has 0 radical (unpaired) electrons. The standard InChI is InChI=1S/C15H13N3/c16-12-5-3-4-11(10-12)8-9-15-17-13-6-1-2-7-14(13)18-15/h1-10H,16H2,(H,17,18)/b9-8+. The molecule has 3 aromatic rings. The Balaban J connectivity index is 1.92. The molecular weight excluding hydrogens is 222 g/mol. The lowest BCUT2D eigenvalue weighted by Crippen LogP contribution is -1.83. The van der Waals surface area contributed by atoms with Crippen molar-refractivity contribution in [3.8, 4) is 0 Å². The summed E-state index contributed by atoms with van der Waals surface area (Å²) in [6, 6.07) is 15.7. The van der Waals surface area contributed by atoms with E-state index in [4.69, 9.17) is 5.73 Å². The minimum atomic E-state index is 0.766. The lowest BCUT2D eigenvalue weighted by atomic mass is 10.2. The average Bonchev–Trinajstić information content (AvgIpc) is 2.79. The quantitative estimate of drug-likeness (QED) is 0.669. The molecule has 0 unspecified atom stereocenters. The number of para-hydroxylation sites is 2. The molecule has 18 heavy (non-hydrogen) atoms. The molecule has 3 heteroatoms. The number of benzene rings is 2. The molecule has 2 aromatic carbocycles. The van der Waals surface area contributed by atoms with E-state index in [0.29, 0.717) is 0 Å². The highest BCUT2D eigenvalue weighted by Gasteiger charge is 1.97. The van der Waals surface area contributed by atoms with Crippen LogP contribution in [0.15, 0.2) is 48.5 Å². The molecule has 0 bridgehead atoms. The Hall–Kier alpha value is -2.55. The maximum atomic E-state index is 5.73. The van der Waals surface area contributed by atoms with E-state index in [0.717, 1.165) is 28.1 Å². The van der Waals surface area contributed by atoms with Crippen molar-refractivity contribution in [3.05, 3.63) is 59.9 Å². The highest BCUT2D eigenvalue weighted by atomic mass is 14.9. The monoisotopic (exact) mass is 235 g/mol. The molecule has 0 saturated carbocycles. The third-order valence-electron chi connectivity index (χ3n) is 2.75. The summed E-state index contributed by atoms with van der Waals surface area (Å²) < 4.78 is 0. The zero-order valence-corrected chi connectivity index (χ0v) is 9.80. The third kappa shape index (κ3) is 2.11. The van der Waals surface area contributed by atoms with Crippen LogP contribution in [0.4, 0.5) is 5.69 Å². The molecule has 0 fully saturated rings. The minimum Gasteiger partial charge on any atom is -0.399 e. The second-order valence-corrected chi connectivity index (χ2v) is 4.14. The molecule has 0 amide bonds. The first-order chi connectivity index (χ1) is 8.81. The van der Waals surface area contributed by atoms with Gasteiger partial charge < -0.3 is 10.7 Å². The van der Waals surface area contributed by atoms with Gasteiger partial charge in [0.1, 0.15) is 5.82 Å². The highest BCUT2D eigenvalue weighted by Crippen LogP contribution is 2.13. The van der Waals surface area contributed by atoms with Gasteiger partial charge in [-0.25, -0.2) is 4.98 Å². The number of rotatable bonds is 2. The number of imidazole rings is 1. The number of nitrogen functional groups attached to an aromatic ring is 1. The summed E-state index contributed by atoms with van der Waals surface area (Å²) in [6.45, 7) is 0. The number of anilines is 1. The summed E-state index contributed by atoms with van der Waals surface area (Å²) in [6.07, 6.45) is 3.95. The smallest absolute Gasteiger partial charge is 0.131 e. The Morgan fingerprint density at radius 2 is 1.89 bits per heavy atom. The SMILES string of the molecule is Nc1cccc(/C=C/c2nc3ccccc3[nH]2)c1. The maximum Gasteiger partial charge on any atom is 0.131 e. The van der Waals surface area contributed by atoms with Crippen molar-refractivity contribution >= 4 is 28.9 Å². The van der Waals surface area contributed by atoms with Crippen LogP contribution in [0.3, 0.4) is 0 Å². The van der Waals surface area contributed by atoms with E-state index in [1.807, 2.05) is 60.7 Å². The minimum absolute atomic E-state index is 0.766. The molecule has 88 valence electrons. The molecule has 3 rings (SSSR count). The number of aromatic nitrogens is 2. The van der Waals surface area contributed by atoms with Crippen molar-refractivity contribution in [1.82, 2.24) is 9.97 Å². The third-order valence-corrected chi connectivity index (χ3v) is 2.75. The molecule has 3 nitrogen and oxygen atoms in total. The van der Waals surface area contributed by atoms with Gasteiger partial charge in [-0.1, -0.05) is 30.3 Å². The van der Waals surface area contributed by atoms with Crippen molar-refractivity contribution in [1.29, 1.82) is 0 Å². The van der Waals surface area contributed by atoms with Crippen LogP contribution in [0.25, 0.3) is 23.2 Å². The molecule has 0 spiro atoms. The number of hydrogen-bond donors (Lipinski definition) is 2. The fraction of sp³-hybridized carbons (Fsp3) is 0. The van der Waals surface area contributed by atoms with Gasteiger partial charge in [-0.3, -0.25) is 0 Å². The van der Waals surface area contributed by atoms with Crippen LogP contribution in [0, 0.1) is 0 Å². The second-order valence-electron chi connectivity index (χ2n) is 4.14. The fourth-order valence-corrected chi connectivity index (χ4v) is 1.89. The van der Waals surface area contributed by atoms with Crippen LogP contribution in [0.1, 0.15) is 11.4 Å². The van der Waals surface area contributed by atoms with Gasteiger partial charge in [0.25, 0.3) is 0 Å². The van der Waals surface area contributed by atoms with E-state index in [9.17, 15) is 0 Å². The van der Waals surface area contributed by atoms with Crippen LogP contribution in [0.5, 0.6) is 0 Å². The van der Waals surface area contributed by atoms with Crippen LogP contribution >= 0.6 is 0 Å². The number of nitrogens with two attached hydrogens (primary N) is 1. The highest BCUT2D eigenvalue weighted by molar-refractivity contribution is 5.78. The molecule has 0 aliphatic carbocycles. The fourth-order valence-electron chi connectivity index (χ4n) is 1.89. The van der Waals surface area contributed by atoms with Gasteiger partial charge in [0.15, 0.2) is 0 Å². The molecule has 0 aliphatic heterocycles. The summed E-state index contributed by atoms with van der Waals surface area (Å²) in [4.78, 5) is 7.73. The first-order valence-corrected chi connectivity index (χ1v) is 5.80. The van der Waals surface area contributed by atoms with E-state index < -0.39 is 0 Å². The normalized spacial score (nSPS) is 11.3. The van der Waals surface area contributed by atoms with Gasteiger partial charge in [0, 0.05) is 5.69 Å². The van der Waals surface area contributed by atoms with Gasteiger partial charge >= 0.3 is 0 Å². The molecular formula is C15H13N3. The van der Waals surface area contributed by atoms with Gasteiger partial charge in [0.05, 0.1) is 11.0 Å². The summed E-state index contributed by atoms with van der Waals surface area (Å²) in [7, 11) is 0. The average molecular weight is 235 g/mol. The van der Waals surface area contributed by atoms with Gasteiger partial charge in [0.2, 0.25) is 0 Å². The largest absolute Gasteiger partial charge is 0.399 e. The molecule has 0 aliphatic rings. The summed E-state index contributed by atoms with van der Waals surface area (Å²) in [5.74, 6) is 0.846. The van der Waals surface area contributed by atoms with E-state index in [1.165, 1.54) is 0 Å². The van der Waals surface area contributed by atoms with Crippen molar-refractivity contribution < 1.29 is 0 Å². The number of nitrogens with one attached hydrogen (secondary N) is 1. The first-order valence-electron chi connectivity index (χ1n) is 5.80. The van der Waals surface area contributed by atoms with Crippen molar-refractivity contribution in [2.75, 3.05) is 5.73 Å². The number of fused-ring (bicyclic) bond motifs is 1. The second kappa shape index (κ2) is 4.37. The van der Waals surface area contributed by atoms with Crippen LogP contribution < -0.4 is 5.73 Å². The molecule has 0 saturated heterocycles. The predicted molar refractivity (Wildman–Crippen MR) is 75.9 cm³/mol. The Bertz CT molecular complexity index is 677. The van der Waals surface area contributed by atoms with Crippen molar-refractivity contribution in [2.24, 2.45) is 0 Å². The summed E-state index contributed by atoms with van der Waals surface area (Å²) >= 11 is 0. The van der Waals surface area contributed by atoms with Gasteiger partial charge in [-0.15, -0.1) is 0 Å². The van der Waals surface area contributed by atoms with Gasteiger partial charge in [-0.2, -0.15) is 0 Å². The van der Waals surface area contributed by atoms with Crippen LogP contribution in [-0.2, 0) is 0 Å². The maximum absolute atomic E-state index is 5.73. The lowest BCUT2D eigenvalue weighted by Gasteiger charge is -1.94. The Morgan fingerprint density at radius 3 is 2.72 bits per heavy atom. The summed E-state index contributed by atoms with van der Waals surface area (Å²) in [5.41, 5.74) is 9.58. The predicted octanol–water partition coefficient (Wildman–Crippen LogP) is 3.32.